The number of fused-ring (bicyclic) bond motifs is 1. The molecule has 0 N–H and O–H groups in total. The highest BCUT2D eigenvalue weighted by Gasteiger charge is 2.12. The van der Waals surface area contributed by atoms with Crippen LogP contribution < -0.4 is 14.8 Å². The first-order chi connectivity index (χ1) is 12.1. The quantitative estimate of drug-likeness (QED) is 0.409. The van der Waals surface area contributed by atoms with Gasteiger partial charge in [0.15, 0.2) is 5.82 Å². The topological polar surface area (TPSA) is 73.6 Å². The monoisotopic (exact) mass is 369 g/mol. The Labute approximate surface area is 149 Å². The van der Waals surface area contributed by atoms with Gasteiger partial charge >= 0.3 is 5.97 Å². The lowest BCUT2D eigenvalue weighted by Crippen LogP contribution is -2.23. The normalized spacial score (nSPS) is 12.0. The minimum atomic E-state index is -0.370. The Kier molecular flexibility index (Phi) is 3.90. The van der Waals surface area contributed by atoms with Crippen molar-refractivity contribution < 1.29 is 9.53 Å². The Balaban J connectivity index is 1.70. The lowest BCUT2D eigenvalue weighted by atomic mass is 10.2. The Bertz CT molecular complexity index is 1160. The summed E-state index contributed by atoms with van der Waals surface area (Å²) in [5.74, 6) is 0.663. The molecule has 1 aromatic carbocycles. The summed E-state index contributed by atoms with van der Waals surface area (Å²) in [6.45, 7) is 1.35. The van der Waals surface area contributed by atoms with Crippen molar-refractivity contribution in [1.29, 1.82) is 0 Å². The van der Waals surface area contributed by atoms with Gasteiger partial charge in [-0.15, -0.1) is 16.4 Å². The van der Waals surface area contributed by atoms with E-state index in [0.29, 0.717) is 21.1 Å². The van der Waals surface area contributed by atoms with Crippen LogP contribution in [-0.4, -0.2) is 20.6 Å². The average molecular weight is 369 g/mol. The van der Waals surface area contributed by atoms with E-state index in [4.69, 9.17) is 4.74 Å². The number of thiazole rings is 1. The molecule has 3 aromatic heterocycles. The minimum Gasteiger partial charge on any atom is -0.427 e. The Morgan fingerprint density at radius 2 is 2.04 bits per heavy atom. The standard InChI is InChI=1S/C17H11N3O3S2/c1-10(21)23-12-6-4-11(5-7-12)9-14-16(22)20-17(25-14)18-15(19-20)13-3-2-8-24-13/h2-9H,1H3/b14-9-. The first kappa shape index (κ1) is 15.7. The molecule has 6 nitrogen and oxygen atoms in total. The SMILES string of the molecule is CC(=O)Oc1ccc(/C=c2\sc3nc(-c4cccs4)nn3c2=O)cc1. The smallest absolute Gasteiger partial charge is 0.308 e. The van der Waals surface area contributed by atoms with Crippen LogP contribution in [0.2, 0.25) is 0 Å². The molecule has 0 atom stereocenters. The van der Waals surface area contributed by atoms with Gasteiger partial charge in [-0.05, 0) is 35.2 Å². The maximum absolute atomic E-state index is 12.5. The van der Waals surface area contributed by atoms with Crippen LogP contribution in [-0.2, 0) is 4.79 Å². The Morgan fingerprint density at radius 1 is 1.24 bits per heavy atom. The summed E-state index contributed by atoms with van der Waals surface area (Å²) in [5.41, 5.74) is 0.635. The van der Waals surface area contributed by atoms with Crippen molar-refractivity contribution in [2.75, 3.05) is 0 Å². The van der Waals surface area contributed by atoms with Crippen LogP contribution in [0.15, 0.2) is 46.6 Å². The maximum Gasteiger partial charge on any atom is 0.308 e. The van der Waals surface area contributed by atoms with Crippen molar-refractivity contribution in [2.45, 2.75) is 6.92 Å². The lowest BCUT2D eigenvalue weighted by molar-refractivity contribution is -0.131. The zero-order valence-electron chi connectivity index (χ0n) is 13.0. The second-order valence-electron chi connectivity index (χ2n) is 5.19. The number of carbonyl (C=O) groups is 1. The number of hydrogen-bond acceptors (Lipinski definition) is 7. The number of esters is 1. The van der Waals surface area contributed by atoms with E-state index >= 15 is 0 Å². The number of ether oxygens (including phenoxy) is 1. The van der Waals surface area contributed by atoms with Gasteiger partial charge in [-0.3, -0.25) is 9.59 Å². The molecule has 3 heterocycles. The third-order valence-electron chi connectivity index (χ3n) is 3.36. The van der Waals surface area contributed by atoms with Gasteiger partial charge in [0.1, 0.15) is 5.75 Å². The zero-order chi connectivity index (χ0) is 17.4. The summed E-state index contributed by atoms with van der Waals surface area (Å²) in [4.78, 5) is 29.4. The predicted molar refractivity (Wildman–Crippen MR) is 97.0 cm³/mol. The van der Waals surface area contributed by atoms with Crippen LogP contribution in [0, 0.1) is 0 Å². The molecular formula is C17H11N3O3S2. The van der Waals surface area contributed by atoms with Gasteiger partial charge in [-0.2, -0.15) is 9.50 Å². The van der Waals surface area contributed by atoms with Crippen molar-refractivity contribution in [3.05, 3.63) is 62.2 Å². The van der Waals surface area contributed by atoms with Gasteiger partial charge in [0.25, 0.3) is 5.56 Å². The van der Waals surface area contributed by atoms with E-state index in [2.05, 4.69) is 10.1 Å². The molecule has 25 heavy (non-hydrogen) atoms. The van der Waals surface area contributed by atoms with E-state index in [-0.39, 0.29) is 11.5 Å². The Hall–Kier alpha value is -2.84. The fourth-order valence-corrected chi connectivity index (χ4v) is 3.85. The van der Waals surface area contributed by atoms with Crippen molar-refractivity contribution >= 4 is 39.7 Å². The molecule has 0 saturated heterocycles. The van der Waals surface area contributed by atoms with Crippen molar-refractivity contribution in [3.63, 3.8) is 0 Å². The van der Waals surface area contributed by atoms with Gasteiger partial charge in [0, 0.05) is 6.92 Å². The van der Waals surface area contributed by atoms with Crippen molar-refractivity contribution in [3.8, 4) is 16.5 Å². The van der Waals surface area contributed by atoms with Gasteiger partial charge in [0.2, 0.25) is 4.96 Å². The van der Waals surface area contributed by atoms with Crippen LogP contribution in [0.25, 0.3) is 21.7 Å². The number of carbonyl (C=O) groups excluding carboxylic acids is 1. The number of aromatic nitrogens is 3. The summed E-state index contributed by atoms with van der Waals surface area (Å²) in [6, 6.07) is 10.8. The highest BCUT2D eigenvalue weighted by atomic mass is 32.1. The molecule has 0 spiro atoms. The van der Waals surface area contributed by atoms with Crippen LogP contribution in [0.3, 0.4) is 0 Å². The van der Waals surface area contributed by atoms with E-state index in [1.165, 1.54) is 34.1 Å². The fraction of sp³-hybridized carbons (Fsp3) is 0.0588. The molecule has 4 aromatic rings. The molecule has 8 heteroatoms. The van der Waals surface area contributed by atoms with E-state index < -0.39 is 0 Å². The first-order valence-corrected chi connectivity index (χ1v) is 9.03. The molecule has 124 valence electrons. The molecule has 0 radical (unpaired) electrons. The summed E-state index contributed by atoms with van der Waals surface area (Å²) in [7, 11) is 0. The van der Waals surface area contributed by atoms with Crippen molar-refractivity contribution in [2.24, 2.45) is 0 Å². The van der Waals surface area contributed by atoms with E-state index in [9.17, 15) is 9.59 Å². The van der Waals surface area contributed by atoms with E-state index in [1.807, 2.05) is 17.5 Å². The molecule has 4 rings (SSSR count). The molecule has 0 bridgehead atoms. The number of rotatable bonds is 3. The number of benzene rings is 1. The molecule has 0 aliphatic carbocycles. The summed E-state index contributed by atoms with van der Waals surface area (Å²) < 4.78 is 6.87. The predicted octanol–water partition coefficient (Wildman–Crippen LogP) is 2.35. The van der Waals surface area contributed by atoms with Crippen LogP contribution >= 0.6 is 22.7 Å². The van der Waals surface area contributed by atoms with Gasteiger partial charge < -0.3 is 4.74 Å². The molecule has 0 amide bonds. The van der Waals surface area contributed by atoms with Crippen LogP contribution in [0.4, 0.5) is 0 Å². The van der Waals surface area contributed by atoms with Gasteiger partial charge in [-0.25, -0.2) is 0 Å². The Morgan fingerprint density at radius 3 is 2.68 bits per heavy atom. The summed E-state index contributed by atoms with van der Waals surface area (Å²) in [5, 5.41) is 6.25. The lowest BCUT2D eigenvalue weighted by Gasteiger charge is -2.00. The third kappa shape index (κ3) is 3.09. The van der Waals surface area contributed by atoms with E-state index in [0.717, 1.165) is 10.4 Å². The highest BCUT2D eigenvalue weighted by molar-refractivity contribution is 7.15. The summed E-state index contributed by atoms with van der Waals surface area (Å²) in [6.07, 6.45) is 1.77. The number of nitrogens with zero attached hydrogens (tertiary/aromatic N) is 3. The second-order valence-corrected chi connectivity index (χ2v) is 7.14. The first-order valence-electron chi connectivity index (χ1n) is 7.34. The highest BCUT2D eigenvalue weighted by Crippen LogP contribution is 2.21. The van der Waals surface area contributed by atoms with E-state index in [1.54, 1.807) is 30.3 Å². The second kappa shape index (κ2) is 6.23. The molecule has 0 aliphatic heterocycles. The largest absolute Gasteiger partial charge is 0.427 e. The molecule has 0 saturated carbocycles. The minimum absolute atomic E-state index is 0.195. The number of hydrogen-bond donors (Lipinski definition) is 0. The van der Waals surface area contributed by atoms with Crippen molar-refractivity contribution in [1.82, 2.24) is 14.6 Å². The number of thiophene rings is 1. The molecular weight excluding hydrogens is 358 g/mol. The van der Waals surface area contributed by atoms with Gasteiger partial charge in [0.05, 0.1) is 9.41 Å². The summed E-state index contributed by atoms with van der Waals surface area (Å²) >= 11 is 2.83. The maximum atomic E-state index is 12.5. The molecule has 0 fully saturated rings. The molecule has 0 aliphatic rings. The third-order valence-corrected chi connectivity index (χ3v) is 5.19. The average Bonchev–Trinajstić information content (AvgIpc) is 3.28. The molecule has 0 unspecified atom stereocenters. The van der Waals surface area contributed by atoms with Crippen LogP contribution in [0.1, 0.15) is 12.5 Å². The van der Waals surface area contributed by atoms with Gasteiger partial charge in [-0.1, -0.05) is 29.5 Å². The fourth-order valence-electron chi connectivity index (χ4n) is 2.29. The zero-order valence-corrected chi connectivity index (χ0v) is 14.6. The van der Waals surface area contributed by atoms with Crippen LogP contribution in [0.5, 0.6) is 5.75 Å².